The Hall–Kier alpha value is -0.260. The topological polar surface area (TPSA) is 66.6 Å². The van der Waals surface area contributed by atoms with Crippen LogP contribution in [0.25, 0.3) is 0 Å². The number of nitrogens with two attached hydrogens (primary N) is 1. The van der Waals surface area contributed by atoms with Gasteiger partial charge in [-0.15, -0.1) is 11.8 Å². The molecular formula is C11H20N2O2S. The van der Waals surface area contributed by atoms with Gasteiger partial charge in [-0.25, -0.2) is 0 Å². The number of hydrogen-bond donors (Lipinski definition) is 2. The Labute approximate surface area is 101 Å². The van der Waals surface area contributed by atoms with Crippen LogP contribution in [0.5, 0.6) is 0 Å². The van der Waals surface area contributed by atoms with Crippen LogP contribution in [0.3, 0.4) is 0 Å². The summed E-state index contributed by atoms with van der Waals surface area (Å²) in [6.45, 7) is 0.806. The maximum Gasteiger partial charge on any atom is 0.240 e. The molecule has 0 bridgehead atoms. The summed E-state index contributed by atoms with van der Waals surface area (Å²) in [7, 11) is 0. The number of aliphatic hydroxyl groups is 1. The molecular weight excluding hydrogens is 224 g/mol. The van der Waals surface area contributed by atoms with E-state index in [2.05, 4.69) is 0 Å². The van der Waals surface area contributed by atoms with Crippen molar-refractivity contribution in [1.82, 2.24) is 4.90 Å². The summed E-state index contributed by atoms with van der Waals surface area (Å²) in [6, 6.07) is -0.506. The second-order valence-electron chi connectivity index (χ2n) is 4.68. The van der Waals surface area contributed by atoms with Crippen LogP contribution in [0.1, 0.15) is 25.7 Å². The average molecular weight is 244 g/mol. The molecule has 0 aromatic rings. The van der Waals surface area contributed by atoms with Crippen molar-refractivity contribution in [3.05, 3.63) is 0 Å². The Morgan fingerprint density at radius 3 is 2.81 bits per heavy atom. The predicted molar refractivity (Wildman–Crippen MR) is 65.0 cm³/mol. The highest BCUT2D eigenvalue weighted by Crippen LogP contribution is 2.27. The predicted octanol–water partition coefficient (Wildman–Crippen LogP) is 0.398. The number of thioether (sulfide) groups is 1. The Morgan fingerprint density at radius 1 is 1.44 bits per heavy atom. The molecule has 0 radical (unpaired) electrons. The number of rotatable bonds is 2. The molecule has 1 heterocycles. The maximum absolute atomic E-state index is 12.1. The molecule has 1 aliphatic carbocycles. The van der Waals surface area contributed by atoms with Crippen molar-refractivity contribution in [2.45, 2.75) is 37.8 Å². The molecule has 0 aromatic carbocycles. The molecule has 2 fully saturated rings. The second kappa shape index (κ2) is 5.38. The van der Waals surface area contributed by atoms with Gasteiger partial charge in [-0.1, -0.05) is 12.8 Å². The van der Waals surface area contributed by atoms with Gasteiger partial charge in [0.25, 0.3) is 0 Å². The molecule has 1 aliphatic heterocycles. The first kappa shape index (κ1) is 12.2. The summed E-state index contributed by atoms with van der Waals surface area (Å²) < 4.78 is 0. The van der Waals surface area contributed by atoms with E-state index in [-0.39, 0.29) is 17.9 Å². The minimum absolute atomic E-state index is 0.0240. The summed E-state index contributed by atoms with van der Waals surface area (Å²) in [5.41, 5.74) is 6.00. The number of aliphatic hydroxyl groups excluding tert-OH is 1. The van der Waals surface area contributed by atoms with Crippen LogP contribution < -0.4 is 5.73 Å². The SMILES string of the molecule is N[C@@H](C(=O)N1CCSC1)[C@@H]1CCCC[C@H]1O. The van der Waals surface area contributed by atoms with Crippen LogP contribution in [-0.4, -0.2) is 46.2 Å². The quantitative estimate of drug-likeness (QED) is 0.738. The van der Waals surface area contributed by atoms with E-state index >= 15 is 0 Å². The average Bonchev–Trinajstić information content (AvgIpc) is 2.81. The molecule has 0 unspecified atom stereocenters. The molecule has 92 valence electrons. The van der Waals surface area contributed by atoms with Gasteiger partial charge in [-0.3, -0.25) is 4.79 Å². The van der Waals surface area contributed by atoms with E-state index in [0.29, 0.717) is 0 Å². The van der Waals surface area contributed by atoms with Gasteiger partial charge in [0.15, 0.2) is 0 Å². The fraction of sp³-hybridized carbons (Fsp3) is 0.909. The Bertz CT molecular complexity index is 256. The van der Waals surface area contributed by atoms with Crippen LogP contribution in [0.4, 0.5) is 0 Å². The first-order valence-electron chi connectivity index (χ1n) is 6.00. The number of hydrogen-bond acceptors (Lipinski definition) is 4. The molecule has 1 saturated heterocycles. The Kier molecular flexibility index (Phi) is 4.10. The lowest BCUT2D eigenvalue weighted by atomic mass is 9.81. The van der Waals surface area contributed by atoms with Gasteiger partial charge in [-0.2, -0.15) is 0 Å². The number of nitrogens with zero attached hydrogens (tertiary/aromatic N) is 1. The zero-order chi connectivity index (χ0) is 11.5. The minimum atomic E-state index is -0.506. The lowest BCUT2D eigenvalue weighted by Crippen LogP contribution is -2.50. The third-order valence-electron chi connectivity index (χ3n) is 3.59. The lowest BCUT2D eigenvalue weighted by molar-refractivity contribution is -0.134. The largest absolute Gasteiger partial charge is 0.393 e. The van der Waals surface area contributed by atoms with E-state index < -0.39 is 6.04 Å². The minimum Gasteiger partial charge on any atom is -0.393 e. The summed E-state index contributed by atoms with van der Waals surface area (Å²) in [4.78, 5) is 13.9. The van der Waals surface area contributed by atoms with E-state index in [1.54, 1.807) is 11.8 Å². The number of carbonyl (C=O) groups excluding carboxylic acids is 1. The molecule has 1 saturated carbocycles. The molecule has 2 rings (SSSR count). The van der Waals surface area contributed by atoms with Crippen molar-refractivity contribution in [2.75, 3.05) is 18.2 Å². The molecule has 3 atom stereocenters. The highest BCUT2D eigenvalue weighted by atomic mass is 32.2. The first-order valence-corrected chi connectivity index (χ1v) is 7.16. The summed E-state index contributed by atoms with van der Waals surface area (Å²) in [5, 5.41) is 9.88. The third-order valence-corrected chi connectivity index (χ3v) is 4.56. The van der Waals surface area contributed by atoms with Gasteiger partial charge in [0.2, 0.25) is 5.91 Å². The van der Waals surface area contributed by atoms with E-state index in [1.807, 2.05) is 4.90 Å². The zero-order valence-electron chi connectivity index (χ0n) is 9.47. The molecule has 16 heavy (non-hydrogen) atoms. The normalized spacial score (nSPS) is 32.8. The van der Waals surface area contributed by atoms with E-state index in [0.717, 1.165) is 43.9 Å². The van der Waals surface area contributed by atoms with Gasteiger partial charge in [0, 0.05) is 18.2 Å². The van der Waals surface area contributed by atoms with Crippen LogP contribution in [0.15, 0.2) is 0 Å². The van der Waals surface area contributed by atoms with E-state index in [1.165, 1.54) is 0 Å². The van der Waals surface area contributed by atoms with Crippen molar-refractivity contribution in [1.29, 1.82) is 0 Å². The van der Waals surface area contributed by atoms with E-state index in [9.17, 15) is 9.90 Å². The van der Waals surface area contributed by atoms with Gasteiger partial charge >= 0.3 is 0 Å². The standard InChI is InChI=1S/C11H20N2O2S/c12-10(8-3-1-2-4-9(8)14)11(15)13-5-6-16-7-13/h8-10,14H,1-7,12H2/t8-,9-,10-/m1/s1. The molecule has 0 spiro atoms. The molecule has 1 amide bonds. The second-order valence-corrected chi connectivity index (χ2v) is 5.76. The fourth-order valence-electron chi connectivity index (χ4n) is 2.54. The Morgan fingerprint density at radius 2 is 2.19 bits per heavy atom. The Balaban J connectivity index is 1.94. The monoisotopic (exact) mass is 244 g/mol. The zero-order valence-corrected chi connectivity index (χ0v) is 10.3. The highest BCUT2D eigenvalue weighted by Gasteiger charge is 2.35. The molecule has 0 aromatic heterocycles. The lowest BCUT2D eigenvalue weighted by Gasteiger charge is -2.33. The van der Waals surface area contributed by atoms with Crippen molar-refractivity contribution in [3.63, 3.8) is 0 Å². The van der Waals surface area contributed by atoms with Crippen LogP contribution in [0.2, 0.25) is 0 Å². The smallest absolute Gasteiger partial charge is 0.240 e. The van der Waals surface area contributed by atoms with Crippen LogP contribution in [-0.2, 0) is 4.79 Å². The first-order chi connectivity index (χ1) is 7.70. The van der Waals surface area contributed by atoms with Gasteiger partial charge < -0.3 is 15.7 Å². The van der Waals surface area contributed by atoms with Gasteiger partial charge in [0.05, 0.1) is 18.0 Å². The molecule has 2 aliphatic rings. The summed E-state index contributed by atoms with van der Waals surface area (Å²) >= 11 is 1.76. The maximum atomic E-state index is 12.1. The number of amides is 1. The summed E-state index contributed by atoms with van der Waals surface area (Å²) in [6.07, 6.45) is 3.42. The fourth-order valence-corrected chi connectivity index (χ4v) is 3.50. The summed E-state index contributed by atoms with van der Waals surface area (Å²) in [5.74, 6) is 1.75. The molecule has 3 N–H and O–H groups in total. The molecule has 4 nitrogen and oxygen atoms in total. The van der Waals surface area contributed by atoms with E-state index in [4.69, 9.17) is 5.73 Å². The van der Waals surface area contributed by atoms with Crippen molar-refractivity contribution < 1.29 is 9.90 Å². The van der Waals surface area contributed by atoms with Gasteiger partial charge in [0.1, 0.15) is 0 Å². The highest BCUT2D eigenvalue weighted by molar-refractivity contribution is 7.99. The van der Waals surface area contributed by atoms with Gasteiger partial charge in [-0.05, 0) is 12.8 Å². The van der Waals surface area contributed by atoms with Crippen molar-refractivity contribution in [2.24, 2.45) is 11.7 Å². The number of carbonyl (C=O) groups is 1. The van der Waals surface area contributed by atoms with Crippen molar-refractivity contribution >= 4 is 17.7 Å². The van der Waals surface area contributed by atoms with Crippen LogP contribution >= 0.6 is 11.8 Å². The third kappa shape index (κ3) is 2.52. The van der Waals surface area contributed by atoms with Crippen LogP contribution in [0, 0.1) is 5.92 Å². The van der Waals surface area contributed by atoms with Crippen molar-refractivity contribution in [3.8, 4) is 0 Å². The molecule has 5 heteroatoms.